The molecule has 2 aliphatic rings. The van der Waals surface area contributed by atoms with E-state index in [1.54, 1.807) is 29.2 Å². The van der Waals surface area contributed by atoms with Crippen LogP contribution in [0.15, 0.2) is 36.4 Å². The molecule has 0 unspecified atom stereocenters. The molecular formula is C24H26ClFN6O3. The summed E-state index contributed by atoms with van der Waals surface area (Å²) in [6.45, 7) is 3.95. The number of H-pyrrole nitrogens is 1. The number of piperazine rings is 1. The van der Waals surface area contributed by atoms with Gasteiger partial charge in [0, 0.05) is 61.5 Å². The molecule has 184 valence electrons. The summed E-state index contributed by atoms with van der Waals surface area (Å²) in [6.07, 6.45) is 1.24. The van der Waals surface area contributed by atoms with E-state index in [9.17, 15) is 14.0 Å². The Bertz CT molecular complexity index is 1220. The molecule has 2 aliphatic heterocycles. The van der Waals surface area contributed by atoms with Crippen LogP contribution < -0.4 is 0 Å². The molecule has 3 aromatic rings. The van der Waals surface area contributed by atoms with E-state index in [-0.39, 0.29) is 12.5 Å². The third-order valence-corrected chi connectivity index (χ3v) is 7.01. The summed E-state index contributed by atoms with van der Waals surface area (Å²) in [5.41, 5.74) is 2.33. The normalized spacial score (nSPS) is 17.7. The van der Waals surface area contributed by atoms with Gasteiger partial charge in [-0.05, 0) is 43.2 Å². The number of carbonyl (C=O) groups is 2. The van der Waals surface area contributed by atoms with Crippen molar-refractivity contribution in [2.75, 3.05) is 39.3 Å². The summed E-state index contributed by atoms with van der Waals surface area (Å²) < 4.78 is 19.2. The molecule has 0 bridgehead atoms. The lowest BCUT2D eigenvalue weighted by atomic mass is 10.0. The first-order valence-electron chi connectivity index (χ1n) is 11.7. The van der Waals surface area contributed by atoms with E-state index in [0.717, 1.165) is 31.4 Å². The first kappa shape index (κ1) is 23.5. The average molecular weight is 501 g/mol. The summed E-state index contributed by atoms with van der Waals surface area (Å²) in [6, 6.07) is 10.0. The van der Waals surface area contributed by atoms with Crippen molar-refractivity contribution in [2.24, 2.45) is 0 Å². The number of nitrogens with one attached hydrogen (secondary N) is 1. The number of fused-ring (bicyclic) bond motifs is 1. The van der Waals surface area contributed by atoms with Crippen molar-refractivity contribution in [3.05, 3.63) is 58.4 Å². The van der Waals surface area contributed by atoms with E-state index in [2.05, 4.69) is 20.3 Å². The predicted octanol–water partition coefficient (Wildman–Crippen LogP) is 3.31. The molecular weight excluding hydrogens is 475 g/mol. The first-order valence-corrected chi connectivity index (χ1v) is 12.1. The number of halogens is 2. The second-order valence-electron chi connectivity index (χ2n) is 8.86. The lowest BCUT2D eigenvalue weighted by molar-refractivity contribution is 0.0399. The molecule has 0 aliphatic carbocycles. The summed E-state index contributed by atoms with van der Waals surface area (Å²) in [4.78, 5) is 31.3. The zero-order valence-corrected chi connectivity index (χ0v) is 19.9. The summed E-state index contributed by atoms with van der Waals surface area (Å²) >= 11 is 5.76. The highest BCUT2D eigenvalue weighted by Gasteiger charge is 2.31. The Morgan fingerprint density at radius 2 is 1.71 bits per heavy atom. The molecule has 2 aromatic carbocycles. The predicted molar refractivity (Wildman–Crippen MR) is 128 cm³/mol. The summed E-state index contributed by atoms with van der Waals surface area (Å²) in [5.74, 6) is -0.482. The molecule has 0 radical (unpaired) electrons. The van der Waals surface area contributed by atoms with E-state index in [1.165, 1.54) is 12.1 Å². The Kier molecular flexibility index (Phi) is 6.83. The van der Waals surface area contributed by atoms with Gasteiger partial charge in [0.25, 0.3) is 5.91 Å². The maximum Gasteiger partial charge on any atom is 0.410 e. The number of amides is 2. The number of aromatic nitrogens is 3. The van der Waals surface area contributed by atoms with Crippen LogP contribution in [0.4, 0.5) is 9.18 Å². The average Bonchev–Trinajstić information content (AvgIpc) is 3.36. The van der Waals surface area contributed by atoms with E-state index in [1.807, 2.05) is 4.90 Å². The van der Waals surface area contributed by atoms with Crippen molar-refractivity contribution < 1.29 is 18.7 Å². The van der Waals surface area contributed by atoms with Crippen molar-refractivity contribution in [2.45, 2.75) is 25.5 Å². The van der Waals surface area contributed by atoms with Crippen molar-refractivity contribution in [3.63, 3.8) is 0 Å². The fourth-order valence-electron chi connectivity index (χ4n) is 4.73. The molecule has 5 rings (SSSR count). The summed E-state index contributed by atoms with van der Waals surface area (Å²) in [7, 11) is 0. The van der Waals surface area contributed by atoms with Crippen molar-refractivity contribution in [1.29, 1.82) is 0 Å². The maximum atomic E-state index is 13.9. The van der Waals surface area contributed by atoms with Gasteiger partial charge in [-0.15, -0.1) is 0 Å². The van der Waals surface area contributed by atoms with Gasteiger partial charge >= 0.3 is 6.09 Å². The number of hydrogen-bond acceptors (Lipinski definition) is 6. The number of benzene rings is 2. The molecule has 2 fully saturated rings. The molecule has 0 saturated carbocycles. The standard InChI is InChI=1S/C24H26ClFN6O3/c25-18-3-1-17(20(26)14-18)15-35-24(34)32-7-5-19(6-8-32)30-9-11-31(12-10-30)23(33)16-2-4-21-22(13-16)28-29-27-21/h1-4,13-14,19H,5-12,15H2,(H,27,28,29). The largest absolute Gasteiger partial charge is 0.444 e. The minimum atomic E-state index is -0.486. The number of piperidine rings is 1. The fraction of sp³-hybridized carbons (Fsp3) is 0.417. The Morgan fingerprint density at radius 1 is 0.971 bits per heavy atom. The lowest BCUT2D eigenvalue weighted by Gasteiger charge is -2.42. The topological polar surface area (TPSA) is 94.7 Å². The number of ether oxygens (including phenoxy) is 1. The highest BCUT2D eigenvalue weighted by molar-refractivity contribution is 6.30. The number of rotatable bonds is 4. The van der Waals surface area contributed by atoms with E-state index < -0.39 is 11.9 Å². The third kappa shape index (κ3) is 5.23. The van der Waals surface area contributed by atoms with Gasteiger partial charge in [0.1, 0.15) is 23.5 Å². The molecule has 1 aromatic heterocycles. The molecule has 9 nitrogen and oxygen atoms in total. The third-order valence-electron chi connectivity index (χ3n) is 6.77. The monoisotopic (exact) mass is 500 g/mol. The van der Waals surface area contributed by atoms with Crippen LogP contribution in [0.1, 0.15) is 28.8 Å². The van der Waals surface area contributed by atoms with Gasteiger partial charge in [-0.2, -0.15) is 15.4 Å². The van der Waals surface area contributed by atoms with Crippen molar-refractivity contribution in [3.8, 4) is 0 Å². The Labute approximate surface area is 206 Å². The highest BCUT2D eigenvalue weighted by atomic mass is 35.5. The zero-order valence-electron chi connectivity index (χ0n) is 19.1. The molecule has 3 heterocycles. The first-order chi connectivity index (χ1) is 17.0. The van der Waals surface area contributed by atoms with Crippen LogP contribution in [0.5, 0.6) is 0 Å². The second-order valence-corrected chi connectivity index (χ2v) is 9.30. The maximum absolute atomic E-state index is 13.9. The molecule has 2 amide bonds. The van der Waals surface area contributed by atoms with Gasteiger partial charge in [0.15, 0.2) is 0 Å². The number of carbonyl (C=O) groups excluding carboxylic acids is 2. The molecule has 0 spiro atoms. The van der Waals surface area contributed by atoms with E-state index >= 15 is 0 Å². The molecule has 0 atom stereocenters. The Hall–Kier alpha value is -3.24. The van der Waals surface area contributed by atoms with Crippen molar-refractivity contribution in [1.82, 2.24) is 30.1 Å². The van der Waals surface area contributed by atoms with Crippen LogP contribution in [-0.2, 0) is 11.3 Å². The van der Waals surface area contributed by atoms with Crippen LogP contribution in [0.25, 0.3) is 11.0 Å². The van der Waals surface area contributed by atoms with Gasteiger partial charge in [-0.3, -0.25) is 9.69 Å². The van der Waals surface area contributed by atoms with E-state index in [0.29, 0.717) is 53.9 Å². The van der Waals surface area contributed by atoms with Crippen molar-refractivity contribution >= 4 is 34.6 Å². The lowest BCUT2D eigenvalue weighted by Crippen LogP contribution is -2.54. The minimum absolute atomic E-state index is 0.00392. The highest BCUT2D eigenvalue weighted by Crippen LogP contribution is 2.21. The van der Waals surface area contributed by atoms with Crippen LogP contribution in [-0.4, -0.2) is 87.4 Å². The number of hydrogen-bond donors (Lipinski definition) is 1. The second kappa shape index (κ2) is 10.2. The number of nitrogens with zero attached hydrogens (tertiary/aromatic N) is 5. The smallest absolute Gasteiger partial charge is 0.410 e. The quantitative estimate of drug-likeness (QED) is 0.590. The van der Waals surface area contributed by atoms with Gasteiger partial charge in [0.05, 0.1) is 0 Å². The number of aromatic amines is 1. The fourth-order valence-corrected chi connectivity index (χ4v) is 4.89. The zero-order chi connectivity index (χ0) is 24.4. The van der Waals surface area contributed by atoms with Crippen LogP contribution >= 0.6 is 11.6 Å². The Morgan fingerprint density at radius 3 is 2.46 bits per heavy atom. The Balaban J connectivity index is 1.07. The van der Waals surface area contributed by atoms with Crippen LogP contribution in [0, 0.1) is 5.82 Å². The van der Waals surface area contributed by atoms with Gasteiger partial charge in [0.2, 0.25) is 0 Å². The number of likely N-dealkylation sites (tertiary alicyclic amines) is 1. The SMILES string of the molecule is O=C(OCc1ccc(Cl)cc1F)N1CCC(N2CCN(C(=O)c3ccc4n[nH]nc4c3)CC2)CC1. The molecule has 11 heteroatoms. The van der Waals surface area contributed by atoms with Crippen LogP contribution in [0.3, 0.4) is 0 Å². The van der Waals surface area contributed by atoms with E-state index in [4.69, 9.17) is 16.3 Å². The van der Waals surface area contributed by atoms with Crippen LogP contribution in [0.2, 0.25) is 5.02 Å². The molecule has 35 heavy (non-hydrogen) atoms. The summed E-state index contributed by atoms with van der Waals surface area (Å²) in [5, 5.41) is 11.0. The van der Waals surface area contributed by atoms with Gasteiger partial charge in [-0.1, -0.05) is 17.7 Å². The minimum Gasteiger partial charge on any atom is -0.444 e. The molecule has 2 saturated heterocycles. The molecule has 1 N–H and O–H groups in total. The van der Waals surface area contributed by atoms with Gasteiger partial charge < -0.3 is 14.5 Å². The van der Waals surface area contributed by atoms with Gasteiger partial charge in [-0.25, -0.2) is 9.18 Å².